The van der Waals surface area contributed by atoms with Gasteiger partial charge in [0.15, 0.2) is 0 Å². The molecule has 2 N–H and O–H groups in total. The van der Waals surface area contributed by atoms with Gasteiger partial charge < -0.3 is 10.5 Å². The first-order valence-corrected chi connectivity index (χ1v) is 7.05. The van der Waals surface area contributed by atoms with Crippen molar-refractivity contribution in [2.45, 2.75) is 45.6 Å². The lowest BCUT2D eigenvalue weighted by Crippen LogP contribution is -2.48. The minimum atomic E-state index is -0.0861. The van der Waals surface area contributed by atoms with Crippen LogP contribution in [0.1, 0.15) is 45.6 Å². The third-order valence-electron chi connectivity index (χ3n) is 3.90. The minimum Gasteiger partial charge on any atom is -0.493 e. The lowest BCUT2D eigenvalue weighted by molar-refractivity contribution is 0.143. The van der Waals surface area contributed by atoms with Gasteiger partial charge in [-0.3, -0.25) is 0 Å². The van der Waals surface area contributed by atoms with Crippen molar-refractivity contribution in [3.05, 3.63) is 29.8 Å². The highest BCUT2D eigenvalue weighted by Gasteiger charge is 2.40. The van der Waals surface area contributed by atoms with Gasteiger partial charge in [0.2, 0.25) is 0 Å². The van der Waals surface area contributed by atoms with Crippen LogP contribution in [0.3, 0.4) is 0 Å². The third-order valence-corrected chi connectivity index (χ3v) is 3.90. The summed E-state index contributed by atoms with van der Waals surface area (Å²) in [7, 11) is 0. The van der Waals surface area contributed by atoms with Crippen molar-refractivity contribution >= 4 is 0 Å². The Morgan fingerprint density at radius 3 is 2.39 bits per heavy atom. The molecule has 0 radical (unpaired) electrons. The molecule has 0 amide bonds. The lowest BCUT2D eigenvalue weighted by atomic mass is 9.64. The predicted octanol–water partition coefficient (Wildman–Crippen LogP) is 3.70. The van der Waals surface area contributed by atoms with E-state index in [2.05, 4.69) is 32.9 Å². The molecule has 18 heavy (non-hydrogen) atoms. The van der Waals surface area contributed by atoms with E-state index in [1.165, 1.54) is 12.0 Å². The van der Waals surface area contributed by atoms with Gasteiger partial charge >= 0.3 is 0 Å². The highest BCUT2D eigenvalue weighted by Crippen LogP contribution is 2.45. The second-order valence-electron chi connectivity index (χ2n) is 6.07. The van der Waals surface area contributed by atoms with E-state index in [1.807, 2.05) is 12.1 Å². The van der Waals surface area contributed by atoms with Crippen LogP contribution in [0.2, 0.25) is 0 Å². The maximum Gasteiger partial charge on any atom is 0.119 e. The molecular formula is C16H25NO. The smallest absolute Gasteiger partial charge is 0.119 e. The fourth-order valence-corrected chi connectivity index (χ4v) is 2.64. The van der Waals surface area contributed by atoms with Crippen molar-refractivity contribution in [2.75, 3.05) is 6.61 Å². The first kappa shape index (κ1) is 13.4. The molecule has 0 aliphatic heterocycles. The summed E-state index contributed by atoms with van der Waals surface area (Å²) in [6.07, 6.45) is 3.49. The zero-order valence-electron chi connectivity index (χ0n) is 11.8. The van der Waals surface area contributed by atoms with Crippen molar-refractivity contribution < 1.29 is 4.74 Å². The van der Waals surface area contributed by atoms with Gasteiger partial charge in [0.25, 0.3) is 0 Å². The summed E-state index contributed by atoms with van der Waals surface area (Å²) in [6.45, 7) is 7.32. The Morgan fingerprint density at radius 1 is 1.28 bits per heavy atom. The standard InChI is InChI=1S/C16H25NO/c1-4-13-9-16(17,10-13)14-5-7-15(8-6-14)18-11-12(2)3/h5-8,12-13H,4,9-11,17H2,1-3H3. The zero-order chi connectivity index (χ0) is 13.2. The molecule has 0 heterocycles. The molecule has 1 fully saturated rings. The van der Waals surface area contributed by atoms with Gasteiger partial charge in [-0.1, -0.05) is 39.3 Å². The minimum absolute atomic E-state index is 0.0861. The van der Waals surface area contributed by atoms with E-state index in [1.54, 1.807) is 0 Å². The summed E-state index contributed by atoms with van der Waals surface area (Å²) in [5.41, 5.74) is 7.59. The van der Waals surface area contributed by atoms with E-state index in [0.29, 0.717) is 5.92 Å². The molecule has 2 heteroatoms. The summed E-state index contributed by atoms with van der Waals surface area (Å²) in [4.78, 5) is 0. The third kappa shape index (κ3) is 2.86. The van der Waals surface area contributed by atoms with Gasteiger partial charge in [-0.2, -0.15) is 0 Å². The van der Waals surface area contributed by atoms with Crippen molar-refractivity contribution in [3.8, 4) is 5.75 Å². The Bertz CT molecular complexity index is 377. The lowest BCUT2D eigenvalue weighted by Gasteiger charge is -2.45. The van der Waals surface area contributed by atoms with E-state index in [4.69, 9.17) is 10.5 Å². The Morgan fingerprint density at radius 2 is 1.89 bits per heavy atom. The Hall–Kier alpha value is -1.02. The molecule has 0 atom stereocenters. The number of rotatable bonds is 5. The number of ether oxygens (including phenoxy) is 1. The highest BCUT2D eigenvalue weighted by atomic mass is 16.5. The Balaban J connectivity index is 1.96. The fraction of sp³-hybridized carbons (Fsp3) is 0.625. The van der Waals surface area contributed by atoms with E-state index in [0.717, 1.165) is 31.1 Å². The number of hydrogen-bond acceptors (Lipinski definition) is 2. The Labute approximate surface area is 111 Å². The zero-order valence-corrected chi connectivity index (χ0v) is 11.8. The molecule has 0 spiro atoms. The largest absolute Gasteiger partial charge is 0.493 e. The van der Waals surface area contributed by atoms with Crippen LogP contribution >= 0.6 is 0 Å². The summed E-state index contributed by atoms with van der Waals surface area (Å²) in [5, 5.41) is 0. The van der Waals surface area contributed by atoms with Gasteiger partial charge in [-0.15, -0.1) is 0 Å². The highest BCUT2D eigenvalue weighted by molar-refractivity contribution is 5.33. The van der Waals surface area contributed by atoms with Crippen LogP contribution in [0.5, 0.6) is 5.75 Å². The Kier molecular flexibility index (Phi) is 3.96. The quantitative estimate of drug-likeness (QED) is 0.861. The summed E-state index contributed by atoms with van der Waals surface area (Å²) >= 11 is 0. The van der Waals surface area contributed by atoms with Gasteiger partial charge in [0, 0.05) is 5.54 Å². The van der Waals surface area contributed by atoms with Gasteiger partial charge in [0.05, 0.1) is 6.61 Å². The van der Waals surface area contributed by atoms with Crippen molar-refractivity contribution in [1.82, 2.24) is 0 Å². The molecule has 0 aromatic heterocycles. The summed E-state index contributed by atoms with van der Waals surface area (Å²) in [5.74, 6) is 2.32. The fourth-order valence-electron chi connectivity index (χ4n) is 2.64. The van der Waals surface area contributed by atoms with Gasteiger partial charge in [-0.05, 0) is 42.4 Å². The number of nitrogens with two attached hydrogens (primary N) is 1. The molecule has 2 rings (SSSR count). The second-order valence-corrected chi connectivity index (χ2v) is 6.07. The molecule has 1 aliphatic rings. The molecule has 100 valence electrons. The molecule has 1 aliphatic carbocycles. The summed E-state index contributed by atoms with van der Waals surface area (Å²) in [6, 6.07) is 8.35. The average Bonchev–Trinajstić information content (AvgIpc) is 2.33. The van der Waals surface area contributed by atoms with Crippen LogP contribution < -0.4 is 10.5 Å². The van der Waals surface area contributed by atoms with Crippen LogP contribution in [-0.2, 0) is 5.54 Å². The van der Waals surface area contributed by atoms with E-state index < -0.39 is 0 Å². The molecule has 0 unspecified atom stereocenters. The van der Waals surface area contributed by atoms with Crippen molar-refractivity contribution in [3.63, 3.8) is 0 Å². The van der Waals surface area contributed by atoms with Gasteiger partial charge in [0.1, 0.15) is 5.75 Å². The van der Waals surface area contributed by atoms with Crippen LogP contribution in [0, 0.1) is 11.8 Å². The van der Waals surface area contributed by atoms with Crippen LogP contribution in [0.4, 0.5) is 0 Å². The van der Waals surface area contributed by atoms with Gasteiger partial charge in [-0.25, -0.2) is 0 Å². The predicted molar refractivity (Wildman–Crippen MR) is 75.7 cm³/mol. The van der Waals surface area contributed by atoms with E-state index >= 15 is 0 Å². The molecule has 1 aromatic rings. The monoisotopic (exact) mass is 247 g/mol. The first-order chi connectivity index (χ1) is 8.53. The molecule has 2 nitrogen and oxygen atoms in total. The first-order valence-electron chi connectivity index (χ1n) is 7.05. The van der Waals surface area contributed by atoms with E-state index in [-0.39, 0.29) is 5.54 Å². The molecular weight excluding hydrogens is 222 g/mol. The molecule has 0 bridgehead atoms. The van der Waals surface area contributed by atoms with Crippen LogP contribution in [-0.4, -0.2) is 6.61 Å². The average molecular weight is 247 g/mol. The number of benzene rings is 1. The topological polar surface area (TPSA) is 35.2 Å². The maximum absolute atomic E-state index is 6.42. The van der Waals surface area contributed by atoms with Crippen LogP contribution in [0.25, 0.3) is 0 Å². The number of hydrogen-bond donors (Lipinski definition) is 1. The summed E-state index contributed by atoms with van der Waals surface area (Å²) < 4.78 is 5.69. The normalized spacial score (nSPS) is 27.1. The van der Waals surface area contributed by atoms with E-state index in [9.17, 15) is 0 Å². The molecule has 0 saturated heterocycles. The molecule has 1 saturated carbocycles. The van der Waals surface area contributed by atoms with Crippen molar-refractivity contribution in [1.29, 1.82) is 0 Å². The van der Waals surface area contributed by atoms with Crippen LogP contribution in [0.15, 0.2) is 24.3 Å². The maximum atomic E-state index is 6.42. The SMILES string of the molecule is CCC1CC(N)(c2ccc(OCC(C)C)cc2)C1. The second kappa shape index (κ2) is 5.31. The van der Waals surface area contributed by atoms with Crippen molar-refractivity contribution in [2.24, 2.45) is 17.6 Å². The molecule has 1 aromatic carbocycles.